The fourth-order valence-corrected chi connectivity index (χ4v) is 3.04. The molecule has 2 aromatic rings. The van der Waals surface area contributed by atoms with Crippen LogP contribution < -0.4 is 5.32 Å². The van der Waals surface area contributed by atoms with Crippen molar-refractivity contribution in [3.05, 3.63) is 67.9 Å². The third-order valence-corrected chi connectivity index (χ3v) is 4.12. The van der Waals surface area contributed by atoms with Gasteiger partial charge in [0, 0.05) is 20.6 Å². The average molecular weight is 377 g/mol. The van der Waals surface area contributed by atoms with E-state index in [2.05, 4.69) is 21.2 Å². The number of nitrogens with one attached hydrogen (secondary N) is 1. The average Bonchev–Trinajstić information content (AvgIpc) is 2.36. The maximum atomic E-state index is 13.5. The molecule has 1 atom stereocenters. The monoisotopic (exact) mass is 375 g/mol. The van der Waals surface area contributed by atoms with E-state index in [4.69, 9.17) is 23.2 Å². The summed E-state index contributed by atoms with van der Waals surface area (Å²) in [7, 11) is 1.84. The van der Waals surface area contributed by atoms with Crippen molar-refractivity contribution in [2.75, 3.05) is 7.05 Å². The molecule has 0 saturated carbocycles. The Kier molecular flexibility index (Phi) is 5.44. The predicted octanol–water partition coefficient (Wildman–Crippen LogP) is 5.40. The molecule has 0 radical (unpaired) electrons. The molecule has 2 aromatic carbocycles. The van der Waals surface area contributed by atoms with Crippen LogP contribution in [0.4, 0.5) is 4.39 Å². The van der Waals surface area contributed by atoms with Crippen molar-refractivity contribution in [3.8, 4) is 0 Å². The maximum absolute atomic E-state index is 13.5. The molecule has 106 valence electrons. The van der Waals surface area contributed by atoms with Crippen LogP contribution in [0.5, 0.6) is 0 Å². The first kappa shape index (κ1) is 15.8. The number of benzene rings is 2. The molecule has 1 nitrogen and oxygen atoms in total. The Hall–Kier alpha value is -0.610. The Morgan fingerprint density at radius 3 is 2.55 bits per heavy atom. The minimum Gasteiger partial charge on any atom is -0.313 e. The molecule has 2 rings (SSSR count). The van der Waals surface area contributed by atoms with E-state index in [-0.39, 0.29) is 11.9 Å². The molecule has 0 aliphatic rings. The highest BCUT2D eigenvalue weighted by Gasteiger charge is 2.14. The van der Waals surface area contributed by atoms with Crippen LogP contribution in [0.2, 0.25) is 10.0 Å². The highest BCUT2D eigenvalue weighted by atomic mass is 79.9. The van der Waals surface area contributed by atoms with Gasteiger partial charge < -0.3 is 5.32 Å². The highest BCUT2D eigenvalue weighted by molar-refractivity contribution is 9.10. The molecule has 0 bridgehead atoms. The van der Waals surface area contributed by atoms with Crippen LogP contribution in [0.1, 0.15) is 17.2 Å². The summed E-state index contributed by atoms with van der Waals surface area (Å²) in [6.45, 7) is 0. The molecule has 0 fully saturated rings. The summed E-state index contributed by atoms with van der Waals surface area (Å²) in [5.74, 6) is -0.267. The second kappa shape index (κ2) is 6.90. The molecule has 1 N–H and O–H groups in total. The maximum Gasteiger partial charge on any atom is 0.124 e. The lowest BCUT2D eigenvalue weighted by molar-refractivity contribution is 0.576. The lowest BCUT2D eigenvalue weighted by atomic mass is 9.99. The molecular formula is C15H13BrCl2FN. The normalized spacial score (nSPS) is 12.4. The molecule has 5 heteroatoms. The summed E-state index contributed by atoms with van der Waals surface area (Å²) in [5.41, 5.74) is 1.83. The third-order valence-electron chi connectivity index (χ3n) is 3.07. The zero-order valence-electron chi connectivity index (χ0n) is 10.8. The fraction of sp³-hybridized carbons (Fsp3) is 0.200. The van der Waals surface area contributed by atoms with Gasteiger partial charge in [-0.25, -0.2) is 4.39 Å². The minimum absolute atomic E-state index is 0.0272. The van der Waals surface area contributed by atoms with Crippen LogP contribution >= 0.6 is 39.1 Å². The summed E-state index contributed by atoms with van der Waals surface area (Å²) >= 11 is 15.4. The van der Waals surface area contributed by atoms with Crippen LogP contribution in [0.25, 0.3) is 0 Å². The molecular weight excluding hydrogens is 364 g/mol. The standard InChI is InChI=1S/C15H13BrCl2FN/c1-20-15(10-4-11(16)7-13(19)5-10)6-9-2-3-12(17)8-14(9)18/h2-5,7-8,15,20H,6H2,1H3. The van der Waals surface area contributed by atoms with Gasteiger partial charge in [-0.05, 0) is 54.9 Å². The molecule has 0 saturated heterocycles. The van der Waals surface area contributed by atoms with Gasteiger partial charge in [-0.1, -0.05) is 45.2 Å². The van der Waals surface area contributed by atoms with Crippen LogP contribution in [-0.4, -0.2) is 7.05 Å². The van der Waals surface area contributed by atoms with E-state index in [0.29, 0.717) is 16.5 Å². The van der Waals surface area contributed by atoms with Gasteiger partial charge >= 0.3 is 0 Å². The van der Waals surface area contributed by atoms with Gasteiger partial charge in [-0.3, -0.25) is 0 Å². The van der Waals surface area contributed by atoms with Gasteiger partial charge in [-0.2, -0.15) is 0 Å². The third kappa shape index (κ3) is 3.95. The van der Waals surface area contributed by atoms with Gasteiger partial charge in [0.25, 0.3) is 0 Å². The van der Waals surface area contributed by atoms with E-state index in [1.807, 2.05) is 19.2 Å². The number of halogens is 4. The second-order valence-corrected chi connectivity index (χ2v) is 6.24. The number of likely N-dealkylation sites (N-methyl/N-ethyl adjacent to an activating group) is 1. The number of rotatable bonds is 4. The first-order valence-corrected chi connectivity index (χ1v) is 7.61. The second-order valence-electron chi connectivity index (χ2n) is 4.48. The van der Waals surface area contributed by atoms with Crippen molar-refractivity contribution in [2.45, 2.75) is 12.5 Å². The Morgan fingerprint density at radius 2 is 1.95 bits per heavy atom. The smallest absolute Gasteiger partial charge is 0.124 e. The molecule has 0 aliphatic heterocycles. The van der Waals surface area contributed by atoms with Gasteiger partial charge in [0.15, 0.2) is 0 Å². The molecule has 0 aromatic heterocycles. The van der Waals surface area contributed by atoms with E-state index >= 15 is 0 Å². The topological polar surface area (TPSA) is 12.0 Å². The zero-order chi connectivity index (χ0) is 14.7. The lowest BCUT2D eigenvalue weighted by Gasteiger charge is -2.18. The summed E-state index contributed by atoms with van der Waals surface area (Å²) in [6, 6.07) is 10.2. The summed E-state index contributed by atoms with van der Waals surface area (Å²) in [4.78, 5) is 0. The Morgan fingerprint density at radius 1 is 1.20 bits per heavy atom. The van der Waals surface area contributed by atoms with Gasteiger partial charge in [0.1, 0.15) is 5.82 Å². The first-order valence-electron chi connectivity index (χ1n) is 6.07. The highest BCUT2D eigenvalue weighted by Crippen LogP contribution is 2.27. The summed E-state index contributed by atoms with van der Waals surface area (Å²) < 4.78 is 14.2. The summed E-state index contributed by atoms with van der Waals surface area (Å²) in [6.07, 6.45) is 0.655. The van der Waals surface area contributed by atoms with E-state index in [0.717, 1.165) is 15.6 Å². The Balaban J connectivity index is 2.28. The molecule has 0 spiro atoms. The lowest BCUT2D eigenvalue weighted by Crippen LogP contribution is -2.19. The molecule has 0 amide bonds. The molecule has 0 heterocycles. The molecule has 20 heavy (non-hydrogen) atoms. The quantitative estimate of drug-likeness (QED) is 0.753. The van der Waals surface area contributed by atoms with Crippen molar-refractivity contribution < 1.29 is 4.39 Å². The Labute approximate surface area is 136 Å². The van der Waals surface area contributed by atoms with Crippen molar-refractivity contribution in [1.29, 1.82) is 0 Å². The van der Waals surface area contributed by atoms with E-state index in [1.165, 1.54) is 12.1 Å². The predicted molar refractivity (Wildman–Crippen MR) is 86.1 cm³/mol. The van der Waals surface area contributed by atoms with Crippen LogP contribution in [-0.2, 0) is 6.42 Å². The van der Waals surface area contributed by atoms with Gasteiger partial charge in [0.05, 0.1) is 0 Å². The zero-order valence-corrected chi connectivity index (χ0v) is 13.9. The van der Waals surface area contributed by atoms with Crippen LogP contribution in [0.3, 0.4) is 0 Å². The van der Waals surface area contributed by atoms with Gasteiger partial charge in [-0.15, -0.1) is 0 Å². The van der Waals surface area contributed by atoms with E-state index < -0.39 is 0 Å². The largest absolute Gasteiger partial charge is 0.313 e. The van der Waals surface area contributed by atoms with E-state index in [1.54, 1.807) is 12.1 Å². The Bertz CT molecular complexity index is 599. The fourth-order valence-electron chi connectivity index (χ4n) is 2.07. The molecule has 1 unspecified atom stereocenters. The number of hydrogen-bond donors (Lipinski definition) is 1. The summed E-state index contributed by atoms with van der Waals surface area (Å²) in [5, 5.41) is 4.41. The van der Waals surface area contributed by atoms with E-state index in [9.17, 15) is 4.39 Å². The van der Waals surface area contributed by atoms with Crippen molar-refractivity contribution in [2.24, 2.45) is 0 Å². The number of hydrogen-bond acceptors (Lipinski definition) is 1. The van der Waals surface area contributed by atoms with Crippen molar-refractivity contribution >= 4 is 39.1 Å². The van der Waals surface area contributed by atoms with Crippen LogP contribution in [0.15, 0.2) is 40.9 Å². The first-order chi connectivity index (χ1) is 9.49. The molecule has 0 aliphatic carbocycles. The SMILES string of the molecule is CNC(Cc1ccc(Cl)cc1Cl)c1cc(F)cc(Br)c1. The van der Waals surface area contributed by atoms with Crippen LogP contribution in [0, 0.1) is 5.82 Å². The minimum atomic E-state index is -0.267. The van der Waals surface area contributed by atoms with Crippen molar-refractivity contribution in [3.63, 3.8) is 0 Å². The van der Waals surface area contributed by atoms with Gasteiger partial charge in [0.2, 0.25) is 0 Å². The van der Waals surface area contributed by atoms with Crippen molar-refractivity contribution in [1.82, 2.24) is 5.32 Å².